The van der Waals surface area contributed by atoms with Crippen LogP contribution in [-0.2, 0) is 14.3 Å². The molecule has 144 valence electrons. The molecule has 6 nitrogen and oxygen atoms in total. The average Bonchev–Trinajstić information content (AvgIpc) is 3.15. The van der Waals surface area contributed by atoms with Crippen LogP contribution in [0.4, 0.5) is 5.13 Å². The van der Waals surface area contributed by atoms with Crippen LogP contribution >= 0.6 is 11.3 Å². The second-order valence-corrected chi connectivity index (χ2v) is 6.99. The van der Waals surface area contributed by atoms with Crippen LogP contribution in [0.1, 0.15) is 12.5 Å². The Labute approximate surface area is 167 Å². The first-order valence-corrected chi connectivity index (χ1v) is 9.60. The van der Waals surface area contributed by atoms with Gasteiger partial charge >= 0.3 is 5.97 Å². The van der Waals surface area contributed by atoms with Crippen molar-refractivity contribution in [3.05, 3.63) is 65.5 Å². The highest BCUT2D eigenvalue weighted by atomic mass is 32.1. The molecule has 2 aromatic carbocycles. The summed E-state index contributed by atoms with van der Waals surface area (Å²) in [6, 6.07) is 16.9. The number of aromatic nitrogens is 1. The first kappa shape index (κ1) is 19.6. The summed E-state index contributed by atoms with van der Waals surface area (Å²) >= 11 is 1.31. The van der Waals surface area contributed by atoms with Crippen molar-refractivity contribution in [2.45, 2.75) is 20.0 Å². The van der Waals surface area contributed by atoms with Crippen LogP contribution in [0.5, 0.6) is 5.75 Å². The van der Waals surface area contributed by atoms with E-state index >= 15 is 0 Å². The van der Waals surface area contributed by atoms with Gasteiger partial charge in [0.2, 0.25) is 0 Å². The number of carbonyl (C=O) groups excluding carboxylic acids is 2. The standard InChI is InChI=1S/C21H20N2O4S/c1-14-8-10-16(11-9-14)18-13-28-21(22-18)23-19(24)12-26-20(25)15(2)27-17-6-4-3-5-7-17/h3-11,13,15H,12H2,1-2H3,(H,22,23,24)/t15-/m0/s1. The molecule has 0 aliphatic carbocycles. The lowest BCUT2D eigenvalue weighted by atomic mass is 10.1. The van der Waals surface area contributed by atoms with Gasteiger partial charge < -0.3 is 9.47 Å². The lowest BCUT2D eigenvalue weighted by molar-refractivity contribution is -0.153. The number of aryl methyl sites for hydroxylation is 1. The van der Waals surface area contributed by atoms with E-state index < -0.39 is 24.6 Å². The molecule has 28 heavy (non-hydrogen) atoms. The van der Waals surface area contributed by atoms with E-state index in [9.17, 15) is 9.59 Å². The number of benzene rings is 2. The first-order chi connectivity index (χ1) is 13.5. The van der Waals surface area contributed by atoms with Crippen molar-refractivity contribution in [3.63, 3.8) is 0 Å². The molecule has 1 atom stereocenters. The number of nitrogens with zero attached hydrogens (tertiary/aromatic N) is 1. The molecular formula is C21H20N2O4S. The van der Waals surface area contributed by atoms with E-state index in [-0.39, 0.29) is 0 Å². The normalized spacial score (nSPS) is 11.5. The predicted molar refractivity (Wildman–Crippen MR) is 108 cm³/mol. The molecule has 7 heteroatoms. The number of esters is 1. The zero-order valence-electron chi connectivity index (χ0n) is 15.5. The molecule has 1 heterocycles. The molecule has 0 saturated carbocycles. The van der Waals surface area contributed by atoms with Gasteiger partial charge in [0, 0.05) is 10.9 Å². The smallest absolute Gasteiger partial charge is 0.347 e. The van der Waals surface area contributed by atoms with Gasteiger partial charge in [-0.25, -0.2) is 9.78 Å². The van der Waals surface area contributed by atoms with Crippen LogP contribution in [0.3, 0.4) is 0 Å². The summed E-state index contributed by atoms with van der Waals surface area (Å²) in [5.41, 5.74) is 2.92. The third-order valence-electron chi connectivity index (χ3n) is 3.83. The molecule has 1 aromatic heterocycles. The van der Waals surface area contributed by atoms with Gasteiger partial charge in [0.05, 0.1) is 5.69 Å². The fourth-order valence-electron chi connectivity index (χ4n) is 2.35. The quantitative estimate of drug-likeness (QED) is 0.609. The van der Waals surface area contributed by atoms with Crippen LogP contribution in [0, 0.1) is 6.92 Å². The Hall–Kier alpha value is -3.19. The monoisotopic (exact) mass is 396 g/mol. The zero-order valence-corrected chi connectivity index (χ0v) is 16.4. The van der Waals surface area contributed by atoms with Gasteiger partial charge in [-0.3, -0.25) is 10.1 Å². The Kier molecular flexibility index (Phi) is 6.39. The summed E-state index contributed by atoms with van der Waals surface area (Å²) in [5, 5.41) is 4.95. The van der Waals surface area contributed by atoms with Gasteiger partial charge in [0.1, 0.15) is 5.75 Å². The molecular weight excluding hydrogens is 376 g/mol. The second kappa shape index (κ2) is 9.14. The largest absolute Gasteiger partial charge is 0.479 e. The van der Waals surface area contributed by atoms with Crippen molar-refractivity contribution in [1.82, 2.24) is 4.98 Å². The van der Waals surface area contributed by atoms with Gasteiger partial charge in [-0.15, -0.1) is 11.3 Å². The topological polar surface area (TPSA) is 77.5 Å². The van der Waals surface area contributed by atoms with Crippen molar-refractivity contribution >= 4 is 28.3 Å². The van der Waals surface area contributed by atoms with Crippen LogP contribution in [0.25, 0.3) is 11.3 Å². The highest BCUT2D eigenvalue weighted by Crippen LogP contribution is 2.25. The van der Waals surface area contributed by atoms with E-state index in [1.807, 2.05) is 42.6 Å². The minimum Gasteiger partial charge on any atom is -0.479 e. The molecule has 0 radical (unpaired) electrons. The second-order valence-electron chi connectivity index (χ2n) is 6.13. The Morgan fingerprint density at radius 2 is 1.82 bits per heavy atom. The predicted octanol–water partition coefficient (Wildman–Crippen LogP) is 4.07. The maximum atomic E-state index is 12.0. The molecule has 0 unspecified atom stereocenters. The Bertz CT molecular complexity index is 939. The first-order valence-electron chi connectivity index (χ1n) is 8.72. The van der Waals surface area contributed by atoms with Crippen LogP contribution in [0.2, 0.25) is 0 Å². The van der Waals surface area contributed by atoms with Crippen molar-refractivity contribution in [2.75, 3.05) is 11.9 Å². The number of anilines is 1. The summed E-state index contributed by atoms with van der Waals surface area (Å²) in [4.78, 5) is 28.4. The van der Waals surface area contributed by atoms with Gasteiger partial charge in [-0.2, -0.15) is 0 Å². The number of para-hydroxylation sites is 1. The number of carbonyl (C=O) groups is 2. The number of rotatable bonds is 7. The third kappa shape index (κ3) is 5.40. The van der Waals surface area contributed by atoms with Gasteiger partial charge in [-0.05, 0) is 26.0 Å². The van der Waals surface area contributed by atoms with Gasteiger partial charge in [-0.1, -0.05) is 48.0 Å². The number of amides is 1. The van der Waals surface area contributed by atoms with Crippen molar-refractivity contribution in [2.24, 2.45) is 0 Å². The maximum Gasteiger partial charge on any atom is 0.347 e. The minimum absolute atomic E-state index is 0.402. The molecule has 1 N–H and O–H groups in total. The summed E-state index contributed by atoms with van der Waals surface area (Å²) in [5.74, 6) is -0.508. The molecule has 0 aliphatic rings. The molecule has 0 fully saturated rings. The Morgan fingerprint density at radius 1 is 1.11 bits per heavy atom. The average molecular weight is 396 g/mol. The van der Waals surface area contributed by atoms with Gasteiger partial charge in [0.15, 0.2) is 17.8 Å². The van der Waals surface area contributed by atoms with E-state index in [1.165, 1.54) is 16.9 Å². The summed E-state index contributed by atoms with van der Waals surface area (Å²) in [6.45, 7) is 3.19. The Morgan fingerprint density at radius 3 is 2.54 bits per heavy atom. The van der Waals surface area contributed by atoms with E-state index in [2.05, 4.69) is 10.3 Å². The SMILES string of the molecule is Cc1ccc(-c2csc(NC(=O)COC(=O)[C@H](C)Oc3ccccc3)n2)cc1. The maximum absolute atomic E-state index is 12.0. The number of nitrogens with one attached hydrogen (secondary N) is 1. The molecule has 0 saturated heterocycles. The highest BCUT2D eigenvalue weighted by molar-refractivity contribution is 7.14. The van der Waals surface area contributed by atoms with Crippen LogP contribution in [0.15, 0.2) is 60.0 Å². The van der Waals surface area contributed by atoms with E-state index in [4.69, 9.17) is 9.47 Å². The molecule has 3 aromatic rings. The Balaban J connectivity index is 1.48. The van der Waals surface area contributed by atoms with Crippen LogP contribution < -0.4 is 10.1 Å². The lowest BCUT2D eigenvalue weighted by Gasteiger charge is -2.13. The summed E-state index contributed by atoms with van der Waals surface area (Å²) in [7, 11) is 0. The number of hydrogen-bond acceptors (Lipinski definition) is 6. The molecule has 0 bridgehead atoms. The fourth-order valence-corrected chi connectivity index (χ4v) is 3.08. The third-order valence-corrected chi connectivity index (χ3v) is 4.59. The van der Waals surface area contributed by atoms with Crippen molar-refractivity contribution in [1.29, 1.82) is 0 Å². The fraction of sp³-hybridized carbons (Fsp3) is 0.190. The zero-order chi connectivity index (χ0) is 19.9. The number of ether oxygens (including phenoxy) is 2. The highest BCUT2D eigenvalue weighted by Gasteiger charge is 2.18. The minimum atomic E-state index is -0.816. The van der Waals surface area contributed by atoms with Crippen LogP contribution in [-0.4, -0.2) is 29.6 Å². The summed E-state index contributed by atoms with van der Waals surface area (Å²) < 4.78 is 10.5. The molecule has 1 amide bonds. The van der Waals surface area contributed by atoms with Crippen molar-refractivity contribution in [3.8, 4) is 17.0 Å². The summed E-state index contributed by atoms with van der Waals surface area (Å²) in [6.07, 6.45) is -0.816. The number of hydrogen-bond donors (Lipinski definition) is 1. The van der Waals surface area contributed by atoms with E-state index in [1.54, 1.807) is 31.2 Å². The van der Waals surface area contributed by atoms with Gasteiger partial charge in [0.25, 0.3) is 5.91 Å². The molecule has 3 rings (SSSR count). The van der Waals surface area contributed by atoms with E-state index in [0.717, 1.165) is 11.3 Å². The van der Waals surface area contributed by atoms with E-state index in [0.29, 0.717) is 10.9 Å². The molecule has 0 aliphatic heterocycles. The van der Waals surface area contributed by atoms with Crippen molar-refractivity contribution < 1.29 is 19.1 Å². The lowest BCUT2D eigenvalue weighted by Crippen LogP contribution is -2.29. The molecule has 0 spiro atoms. The number of thiazole rings is 1.